The Bertz CT molecular complexity index is 455. The Morgan fingerprint density at radius 3 is 3.07 bits per heavy atom. The molecule has 0 amide bonds. The Hall–Kier alpha value is -1.75. The van der Waals surface area contributed by atoms with Gasteiger partial charge >= 0.3 is 0 Å². The summed E-state index contributed by atoms with van der Waals surface area (Å²) >= 11 is 0. The highest BCUT2D eigenvalue weighted by atomic mass is 19.1. The smallest absolute Gasteiger partial charge is 0.240 e. The first kappa shape index (κ1) is 9.79. The zero-order chi connectivity index (χ0) is 10.7. The Labute approximate surface area is 86.1 Å². The fourth-order valence-electron chi connectivity index (χ4n) is 1.22. The minimum Gasteiger partial charge on any atom is -0.338 e. The molecule has 0 unspecified atom stereocenters. The van der Waals surface area contributed by atoms with Gasteiger partial charge in [-0.2, -0.15) is 4.98 Å². The molecule has 0 saturated heterocycles. The van der Waals surface area contributed by atoms with E-state index in [2.05, 4.69) is 15.5 Å². The molecule has 2 aromatic rings. The summed E-state index contributed by atoms with van der Waals surface area (Å²) in [5.41, 5.74) is 0.612. The van der Waals surface area contributed by atoms with Gasteiger partial charge in [0.25, 0.3) is 0 Å². The maximum Gasteiger partial charge on any atom is 0.240 e. The molecule has 0 fully saturated rings. The normalized spacial score (nSPS) is 10.5. The Kier molecular flexibility index (Phi) is 2.73. The summed E-state index contributed by atoms with van der Waals surface area (Å²) in [5, 5.41) is 6.64. The van der Waals surface area contributed by atoms with Crippen molar-refractivity contribution < 1.29 is 8.91 Å². The van der Waals surface area contributed by atoms with Crippen LogP contribution in [-0.4, -0.2) is 17.2 Å². The number of hydrogen-bond donors (Lipinski definition) is 1. The quantitative estimate of drug-likeness (QED) is 0.830. The van der Waals surface area contributed by atoms with Crippen LogP contribution in [0.1, 0.15) is 5.89 Å². The summed E-state index contributed by atoms with van der Waals surface area (Å²) in [5.74, 6) is 0.573. The van der Waals surface area contributed by atoms with E-state index in [1.54, 1.807) is 19.2 Å². The average molecular weight is 207 g/mol. The molecule has 78 valence electrons. The van der Waals surface area contributed by atoms with E-state index < -0.39 is 0 Å². The van der Waals surface area contributed by atoms with Crippen LogP contribution >= 0.6 is 0 Å². The van der Waals surface area contributed by atoms with Crippen molar-refractivity contribution in [3.63, 3.8) is 0 Å². The lowest BCUT2D eigenvalue weighted by Gasteiger charge is -1.92. The monoisotopic (exact) mass is 207 g/mol. The predicted octanol–water partition coefficient (Wildman–Crippen LogP) is 1.60. The second kappa shape index (κ2) is 4.18. The van der Waals surface area contributed by atoms with Crippen LogP contribution in [0.4, 0.5) is 4.39 Å². The minimum absolute atomic E-state index is 0.313. The average Bonchev–Trinajstić information content (AvgIpc) is 2.67. The second-order valence-electron chi connectivity index (χ2n) is 3.05. The van der Waals surface area contributed by atoms with Gasteiger partial charge in [-0.1, -0.05) is 17.3 Å². The third kappa shape index (κ3) is 2.19. The van der Waals surface area contributed by atoms with Crippen LogP contribution in [0.25, 0.3) is 11.4 Å². The molecule has 1 aromatic carbocycles. The highest BCUT2D eigenvalue weighted by Gasteiger charge is 2.07. The number of rotatable bonds is 3. The highest BCUT2D eigenvalue weighted by molar-refractivity contribution is 5.53. The zero-order valence-corrected chi connectivity index (χ0v) is 8.20. The van der Waals surface area contributed by atoms with Crippen molar-refractivity contribution >= 4 is 0 Å². The van der Waals surface area contributed by atoms with Gasteiger partial charge in [-0.3, -0.25) is 0 Å². The minimum atomic E-state index is -0.313. The molecule has 0 aliphatic rings. The molecule has 1 heterocycles. The number of aromatic nitrogens is 2. The van der Waals surface area contributed by atoms with Crippen molar-refractivity contribution in [3.05, 3.63) is 36.0 Å². The second-order valence-corrected chi connectivity index (χ2v) is 3.05. The maximum atomic E-state index is 12.9. The van der Waals surface area contributed by atoms with Crippen molar-refractivity contribution in [2.75, 3.05) is 7.05 Å². The van der Waals surface area contributed by atoms with Crippen LogP contribution in [0, 0.1) is 5.82 Å². The van der Waals surface area contributed by atoms with Crippen molar-refractivity contribution in [1.82, 2.24) is 15.5 Å². The predicted molar refractivity (Wildman–Crippen MR) is 52.5 cm³/mol. The fourth-order valence-corrected chi connectivity index (χ4v) is 1.22. The number of hydrogen-bond acceptors (Lipinski definition) is 4. The van der Waals surface area contributed by atoms with Crippen LogP contribution in [0.5, 0.6) is 0 Å². The molecule has 1 aromatic heterocycles. The lowest BCUT2D eigenvalue weighted by atomic mass is 10.2. The van der Waals surface area contributed by atoms with Gasteiger partial charge in [-0.05, 0) is 19.2 Å². The first-order valence-electron chi connectivity index (χ1n) is 4.52. The van der Waals surface area contributed by atoms with E-state index in [9.17, 15) is 4.39 Å². The van der Waals surface area contributed by atoms with E-state index >= 15 is 0 Å². The molecule has 1 N–H and O–H groups in total. The van der Waals surface area contributed by atoms with E-state index in [0.29, 0.717) is 23.8 Å². The molecule has 0 saturated carbocycles. The molecule has 0 atom stereocenters. The van der Waals surface area contributed by atoms with Crippen LogP contribution in [0.2, 0.25) is 0 Å². The maximum absolute atomic E-state index is 12.9. The third-order valence-corrected chi connectivity index (χ3v) is 1.88. The van der Waals surface area contributed by atoms with Gasteiger partial charge in [0.2, 0.25) is 11.7 Å². The Balaban J connectivity index is 2.29. The molecule has 4 nitrogen and oxygen atoms in total. The largest absolute Gasteiger partial charge is 0.338 e. The number of nitrogens with one attached hydrogen (secondary N) is 1. The summed E-state index contributed by atoms with van der Waals surface area (Å²) in [6.45, 7) is 0.502. The molecule has 0 aliphatic heterocycles. The molecule has 0 spiro atoms. The number of benzene rings is 1. The van der Waals surface area contributed by atoms with Gasteiger partial charge in [0, 0.05) is 5.56 Å². The topological polar surface area (TPSA) is 51.0 Å². The lowest BCUT2D eigenvalue weighted by molar-refractivity contribution is 0.372. The molecular formula is C10H10FN3O. The van der Waals surface area contributed by atoms with Crippen molar-refractivity contribution in [2.45, 2.75) is 6.54 Å². The van der Waals surface area contributed by atoms with Gasteiger partial charge in [0.05, 0.1) is 6.54 Å². The van der Waals surface area contributed by atoms with Crippen LogP contribution in [0.15, 0.2) is 28.8 Å². The van der Waals surface area contributed by atoms with E-state index in [-0.39, 0.29) is 5.82 Å². The van der Waals surface area contributed by atoms with Gasteiger partial charge < -0.3 is 9.84 Å². The first-order chi connectivity index (χ1) is 7.29. The summed E-state index contributed by atoms with van der Waals surface area (Å²) in [7, 11) is 1.78. The molecule has 2 rings (SSSR count). The van der Waals surface area contributed by atoms with E-state index in [0.717, 1.165) is 0 Å². The van der Waals surface area contributed by atoms with Crippen LogP contribution < -0.4 is 5.32 Å². The van der Waals surface area contributed by atoms with E-state index in [1.807, 2.05) is 0 Å². The molecule has 0 radical (unpaired) electrons. The van der Waals surface area contributed by atoms with Crippen molar-refractivity contribution in [3.8, 4) is 11.4 Å². The highest BCUT2D eigenvalue weighted by Crippen LogP contribution is 2.16. The Morgan fingerprint density at radius 1 is 1.47 bits per heavy atom. The third-order valence-electron chi connectivity index (χ3n) is 1.88. The summed E-state index contributed by atoms with van der Waals surface area (Å²) < 4.78 is 17.9. The summed E-state index contributed by atoms with van der Waals surface area (Å²) in [4.78, 5) is 4.10. The first-order valence-corrected chi connectivity index (χ1v) is 4.52. The van der Waals surface area contributed by atoms with E-state index in [4.69, 9.17) is 4.52 Å². The summed E-state index contributed by atoms with van der Waals surface area (Å²) in [6.07, 6.45) is 0. The zero-order valence-electron chi connectivity index (χ0n) is 8.20. The molecule has 0 bridgehead atoms. The molecule has 5 heteroatoms. The van der Waals surface area contributed by atoms with Crippen molar-refractivity contribution in [1.29, 1.82) is 0 Å². The van der Waals surface area contributed by atoms with Gasteiger partial charge in [0.1, 0.15) is 5.82 Å². The van der Waals surface area contributed by atoms with Gasteiger partial charge in [-0.15, -0.1) is 0 Å². The standard InChI is InChI=1S/C10H10FN3O/c1-12-6-9-13-10(14-15-9)7-3-2-4-8(11)5-7/h2-5,12H,6H2,1H3. The molecule has 15 heavy (non-hydrogen) atoms. The van der Waals surface area contributed by atoms with Crippen molar-refractivity contribution in [2.24, 2.45) is 0 Å². The van der Waals surface area contributed by atoms with Gasteiger partial charge in [0.15, 0.2) is 0 Å². The number of nitrogens with zero attached hydrogens (tertiary/aromatic N) is 2. The van der Waals surface area contributed by atoms with E-state index in [1.165, 1.54) is 12.1 Å². The molecular weight excluding hydrogens is 197 g/mol. The lowest BCUT2D eigenvalue weighted by Crippen LogP contribution is -2.04. The SMILES string of the molecule is CNCc1nc(-c2cccc(F)c2)no1. The fraction of sp³-hybridized carbons (Fsp3) is 0.200. The number of halogens is 1. The van der Waals surface area contributed by atoms with Gasteiger partial charge in [-0.25, -0.2) is 4.39 Å². The summed E-state index contributed by atoms with van der Waals surface area (Å²) in [6, 6.07) is 6.09. The Morgan fingerprint density at radius 2 is 2.33 bits per heavy atom. The van der Waals surface area contributed by atoms with Crippen LogP contribution in [-0.2, 0) is 6.54 Å². The van der Waals surface area contributed by atoms with Crippen LogP contribution in [0.3, 0.4) is 0 Å². The molecule has 0 aliphatic carbocycles.